The highest BCUT2D eigenvalue weighted by Gasteiger charge is 2.49. The molecule has 0 bridgehead atoms. The zero-order chi connectivity index (χ0) is 18.4. The van der Waals surface area contributed by atoms with Gasteiger partial charge < -0.3 is 20.3 Å². The van der Waals surface area contributed by atoms with Crippen molar-refractivity contribution in [3.63, 3.8) is 0 Å². The molecule has 1 aliphatic heterocycles. The van der Waals surface area contributed by atoms with Crippen LogP contribution in [0.15, 0.2) is 4.99 Å². The number of likely N-dealkylation sites (tertiary alicyclic amines) is 1. The van der Waals surface area contributed by atoms with Crippen molar-refractivity contribution in [1.82, 2.24) is 15.5 Å². The largest absolute Gasteiger partial charge is 0.378 e. The van der Waals surface area contributed by atoms with Gasteiger partial charge in [-0.25, -0.2) is 0 Å². The van der Waals surface area contributed by atoms with Gasteiger partial charge in [-0.2, -0.15) is 0 Å². The number of aliphatic imine (C=N–C) groups is 1. The number of rotatable bonds is 7. The summed E-state index contributed by atoms with van der Waals surface area (Å²) in [4.78, 5) is 18.1. The molecule has 0 aromatic heterocycles. The van der Waals surface area contributed by atoms with Crippen molar-refractivity contribution in [3.8, 4) is 0 Å². The molecular weight excluding hydrogens is 316 g/mol. The molecule has 1 aliphatic carbocycles. The van der Waals surface area contributed by atoms with Gasteiger partial charge in [0.25, 0.3) is 0 Å². The van der Waals surface area contributed by atoms with E-state index in [9.17, 15) is 4.79 Å². The van der Waals surface area contributed by atoms with E-state index < -0.39 is 0 Å². The van der Waals surface area contributed by atoms with E-state index in [1.165, 1.54) is 6.42 Å². The topological polar surface area (TPSA) is 66.0 Å². The lowest BCUT2D eigenvalue weighted by molar-refractivity contribution is -0.132. The molecule has 2 N–H and O–H groups in total. The van der Waals surface area contributed by atoms with Crippen LogP contribution in [0.4, 0.5) is 0 Å². The second-order valence-corrected chi connectivity index (χ2v) is 7.94. The molecule has 25 heavy (non-hydrogen) atoms. The summed E-state index contributed by atoms with van der Waals surface area (Å²) in [5.41, 5.74) is 0.100. The van der Waals surface area contributed by atoms with Gasteiger partial charge in [-0.05, 0) is 26.2 Å². The Kier molecular flexibility index (Phi) is 7.11. The first-order valence-electron chi connectivity index (χ1n) is 9.81. The van der Waals surface area contributed by atoms with Gasteiger partial charge in [-0.1, -0.05) is 27.2 Å². The van der Waals surface area contributed by atoms with Crippen molar-refractivity contribution >= 4 is 11.9 Å². The van der Waals surface area contributed by atoms with Crippen LogP contribution in [0.5, 0.6) is 0 Å². The van der Waals surface area contributed by atoms with E-state index in [1.54, 1.807) is 4.90 Å². The van der Waals surface area contributed by atoms with Crippen LogP contribution in [0, 0.1) is 5.41 Å². The molecule has 3 unspecified atom stereocenters. The molecule has 0 aromatic rings. The number of nitrogens with zero attached hydrogens (tertiary/aromatic N) is 2. The number of unbranched alkanes of at least 4 members (excludes halogenated alkanes) is 1. The third-order valence-electron chi connectivity index (χ3n) is 5.59. The van der Waals surface area contributed by atoms with Gasteiger partial charge in [0.05, 0.1) is 6.10 Å². The average Bonchev–Trinajstić information content (AvgIpc) is 2.57. The van der Waals surface area contributed by atoms with E-state index >= 15 is 0 Å². The molecule has 6 heteroatoms. The second-order valence-electron chi connectivity index (χ2n) is 7.94. The van der Waals surface area contributed by atoms with Crippen LogP contribution in [0.3, 0.4) is 0 Å². The van der Waals surface area contributed by atoms with Crippen molar-refractivity contribution in [2.75, 3.05) is 26.7 Å². The van der Waals surface area contributed by atoms with E-state index in [0.717, 1.165) is 44.9 Å². The summed E-state index contributed by atoms with van der Waals surface area (Å²) in [7, 11) is 1.87. The summed E-state index contributed by atoms with van der Waals surface area (Å²) >= 11 is 0. The van der Waals surface area contributed by atoms with E-state index in [2.05, 4.69) is 36.4 Å². The number of carbonyl (C=O) groups excluding carboxylic acids is 1. The molecule has 2 aliphatic rings. The van der Waals surface area contributed by atoms with E-state index in [0.29, 0.717) is 18.6 Å². The Morgan fingerprint density at radius 2 is 2.12 bits per heavy atom. The molecule has 1 saturated carbocycles. The molecule has 0 aromatic carbocycles. The summed E-state index contributed by atoms with van der Waals surface area (Å²) in [5, 5.41) is 7.11. The van der Waals surface area contributed by atoms with Crippen LogP contribution >= 0.6 is 0 Å². The Balaban J connectivity index is 1.86. The lowest BCUT2D eigenvalue weighted by Crippen LogP contribution is -2.64. The molecule has 3 atom stereocenters. The number of piperidine rings is 1. The smallest absolute Gasteiger partial charge is 0.222 e. The molecule has 1 amide bonds. The second kappa shape index (κ2) is 8.88. The Morgan fingerprint density at radius 1 is 1.36 bits per heavy atom. The summed E-state index contributed by atoms with van der Waals surface area (Å²) in [6, 6.07) is 0.625. The predicted molar refractivity (Wildman–Crippen MR) is 102 cm³/mol. The van der Waals surface area contributed by atoms with Crippen LogP contribution in [0.25, 0.3) is 0 Å². The number of likely N-dealkylation sites (N-methyl/N-ethyl adjacent to an activating group) is 1. The quantitative estimate of drug-likeness (QED) is 0.419. The lowest BCUT2D eigenvalue weighted by Gasteiger charge is -2.52. The maximum atomic E-state index is 11.7. The van der Waals surface area contributed by atoms with Crippen LogP contribution in [-0.4, -0.2) is 61.7 Å². The van der Waals surface area contributed by atoms with Crippen LogP contribution in [-0.2, 0) is 9.53 Å². The summed E-state index contributed by atoms with van der Waals surface area (Å²) < 4.78 is 6.04. The van der Waals surface area contributed by atoms with Crippen LogP contribution < -0.4 is 10.6 Å². The first-order valence-corrected chi connectivity index (χ1v) is 9.81. The fourth-order valence-electron chi connectivity index (χ4n) is 3.56. The normalized spacial score (nSPS) is 29.3. The SMILES string of the molecule is CCCCOC1CC(NC(=NCC)NC2CCC(=O)N(C)C2)C1(C)C. The Morgan fingerprint density at radius 3 is 2.72 bits per heavy atom. The number of guanidine groups is 1. The van der Waals surface area contributed by atoms with Gasteiger partial charge in [0, 0.05) is 50.7 Å². The first kappa shape index (κ1) is 20.0. The molecule has 0 spiro atoms. The molecule has 2 rings (SSSR count). The summed E-state index contributed by atoms with van der Waals surface area (Å²) in [5.74, 6) is 1.09. The highest BCUT2D eigenvalue weighted by molar-refractivity contribution is 5.81. The summed E-state index contributed by atoms with van der Waals surface area (Å²) in [6.45, 7) is 11.1. The van der Waals surface area contributed by atoms with Gasteiger partial charge in [0.15, 0.2) is 5.96 Å². The third-order valence-corrected chi connectivity index (χ3v) is 5.59. The average molecular weight is 353 g/mol. The van der Waals surface area contributed by atoms with Crippen molar-refractivity contribution in [1.29, 1.82) is 0 Å². The van der Waals surface area contributed by atoms with Gasteiger partial charge in [0.2, 0.25) is 5.91 Å². The van der Waals surface area contributed by atoms with Gasteiger partial charge in [0.1, 0.15) is 0 Å². The van der Waals surface area contributed by atoms with Crippen molar-refractivity contribution in [2.24, 2.45) is 10.4 Å². The van der Waals surface area contributed by atoms with E-state index in [1.807, 2.05) is 14.0 Å². The molecular formula is C19H36N4O2. The number of nitrogens with one attached hydrogen (secondary N) is 2. The fraction of sp³-hybridized carbons (Fsp3) is 0.895. The zero-order valence-corrected chi connectivity index (χ0v) is 16.6. The van der Waals surface area contributed by atoms with Gasteiger partial charge in [-0.15, -0.1) is 0 Å². The van der Waals surface area contributed by atoms with Crippen LogP contribution in [0.2, 0.25) is 0 Å². The molecule has 6 nitrogen and oxygen atoms in total. The number of ether oxygens (including phenoxy) is 1. The highest BCUT2D eigenvalue weighted by atomic mass is 16.5. The monoisotopic (exact) mass is 352 g/mol. The van der Waals surface area contributed by atoms with Gasteiger partial charge in [-0.3, -0.25) is 9.79 Å². The minimum absolute atomic E-state index is 0.100. The maximum Gasteiger partial charge on any atom is 0.222 e. The fourth-order valence-corrected chi connectivity index (χ4v) is 3.56. The molecule has 144 valence electrons. The number of hydrogen-bond donors (Lipinski definition) is 2. The van der Waals surface area contributed by atoms with E-state index in [4.69, 9.17) is 4.74 Å². The lowest BCUT2D eigenvalue weighted by atomic mass is 9.64. The van der Waals surface area contributed by atoms with Gasteiger partial charge >= 0.3 is 0 Å². The Labute approximate surface area is 152 Å². The molecule has 2 fully saturated rings. The highest BCUT2D eigenvalue weighted by Crippen LogP contribution is 2.42. The third kappa shape index (κ3) is 5.09. The standard InChI is InChI=1S/C19H36N4O2/c1-6-8-11-25-16-12-15(19(16,3)4)22-18(20-7-2)21-14-9-10-17(24)23(5)13-14/h14-16H,6-13H2,1-5H3,(H2,20,21,22). The number of carbonyl (C=O) groups is 1. The molecule has 0 radical (unpaired) electrons. The van der Waals surface area contributed by atoms with Crippen molar-refractivity contribution in [3.05, 3.63) is 0 Å². The van der Waals surface area contributed by atoms with Crippen molar-refractivity contribution < 1.29 is 9.53 Å². The summed E-state index contributed by atoms with van der Waals surface area (Å²) in [6.07, 6.45) is 5.11. The minimum Gasteiger partial charge on any atom is -0.378 e. The first-order chi connectivity index (χ1) is 11.9. The zero-order valence-electron chi connectivity index (χ0n) is 16.6. The maximum absolute atomic E-state index is 11.7. The van der Waals surface area contributed by atoms with Crippen LogP contribution in [0.1, 0.15) is 59.8 Å². The number of hydrogen-bond acceptors (Lipinski definition) is 3. The molecule has 1 heterocycles. The molecule has 1 saturated heterocycles. The Hall–Kier alpha value is -1.30. The van der Waals surface area contributed by atoms with E-state index in [-0.39, 0.29) is 17.4 Å². The predicted octanol–water partition coefficient (Wildman–Crippen LogP) is 2.15. The Bertz CT molecular complexity index is 478. The number of amides is 1. The van der Waals surface area contributed by atoms with Crippen molar-refractivity contribution in [2.45, 2.75) is 78.0 Å². The minimum atomic E-state index is 0.100.